The molecule has 1 atom stereocenters. The molecule has 1 heterocycles. The number of cyclic esters (lactones) is 1. The van der Waals surface area contributed by atoms with Gasteiger partial charge >= 0.3 is 5.97 Å². The fraction of sp³-hybridized carbons (Fsp3) is 0.520. The fourth-order valence-electron chi connectivity index (χ4n) is 4.32. The summed E-state index contributed by atoms with van der Waals surface area (Å²) >= 11 is 0. The predicted octanol–water partition coefficient (Wildman–Crippen LogP) is 3.46. The van der Waals surface area contributed by atoms with Gasteiger partial charge in [-0.3, -0.25) is 4.79 Å². The molecule has 166 valence electrons. The number of hydrogen-bond donors (Lipinski definition) is 2. The van der Waals surface area contributed by atoms with E-state index in [0.717, 1.165) is 36.8 Å². The highest BCUT2D eigenvalue weighted by molar-refractivity contribution is 5.95. The maximum atomic E-state index is 12.1. The molecule has 1 aliphatic carbocycles. The Bertz CT molecular complexity index is 946. The molecule has 1 saturated carbocycles. The van der Waals surface area contributed by atoms with Crippen molar-refractivity contribution >= 4 is 11.9 Å². The van der Waals surface area contributed by atoms with Crippen molar-refractivity contribution < 1.29 is 24.2 Å². The summed E-state index contributed by atoms with van der Waals surface area (Å²) in [5, 5.41) is 14.2. The lowest BCUT2D eigenvalue weighted by Gasteiger charge is -2.35. The molecule has 0 bridgehead atoms. The number of hydrogen-bond acceptors (Lipinski definition) is 5. The Morgan fingerprint density at radius 3 is 2.61 bits per heavy atom. The summed E-state index contributed by atoms with van der Waals surface area (Å²) in [6, 6.07) is 5.45. The number of benzene rings is 1. The SMILES string of the molecule is CCc1cc(C#CC(O)(CC2=CC(=O)OC(C)(C)O2)C2CCCC2)ccc1C(=O)NC. The Morgan fingerprint density at radius 2 is 2.00 bits per heavy atom. The van der Waals surface area contributed by atoms with Gasteiger partial charge in [0.15, 0.2) is 0 Å². The third-order valence-electron chi connectivity index (χ3n) is 5.86. The Labute approximate surface area is 184 Å². The van der Waals surface area contributed by atoms with Crippen LogP contribution in [-0.4, -0.2) is 35.4 Å². The zero-order valence-electron chi connectivity index (χ0n) is 18.7. The second-order valence-corrected chi connectivity index (χ2v) is 8.67. The lowest BCUT2D eigenvalue weighted by molar-refractivity contribution is -0.207. The van der Waals surface area contributed by atoms with Crippen molar-refractivity contribution in [2.24, 2.45) is 5.92 Å². The van der Waals surface area contributed by atoms with Gasteiger partial charge < -0.3 is 19.9 Å². The fourth-order valence-corrected chi connectivity index (χ4v) is 4.32. The van der Waals surface area contributed by atoms with Crippen LogP contribution in [-0.2, 0) is 20.7 Å². The summed E-state index contributed by atoms with van der Waals surface area (Å²) in [5.41, 5.74) is 0.947. The van der Waals surface area contributed by atoms with E-state index in [1.807, 2.05) is 13.0 Å². The summed E-state index contributed by atoms with van der Waals surface area (Å²) in [6.45, 7) is 5.32. The molecule has 0 radical (unpaired) electrons. The van der Waals surface area contributed by atoms with Crippen molar-refractivity contribution in [1.29, 1.82) is 0 Å². The third kappa shape index (κ3) is 5.48. The van der Waals surface area contributed by atoms with E-state index in [0.29, 0.717) is 17.7 Å². The highest BCUT2D eigenvalue weighted by atomic mass is 16.7. The summed E-state index contributed by atoms with van der Waals surface area (Å²) in [6.07, 6.45) is 5.96. The van der Waals surface area contributed by atoms with Crippen LogP contribution in [0.1, 0.15) is 74.4 Å². The smallest absolute Gasteiger partial charge is 0.337 e. The molecule has 1 fully saturated rings. The summed E-state index contributed by atoms with van der Waals surface area (Å²) in [7, 11) is 1.61. The average Bonchev–Trinajstić information content (AvgIpc) is 3.25. The van der Waals surface area contributed by atoms with Gasteiger partial charge in [-0.15, -0.1) is 0 Å². The molecule has 3 rings (SSSR count). The second kappa shape index (κ2) is 9.15. The van der Waals surface area contributed by atoms with E-state index < -0.39 is 17.4 Å². The highest BCUT2D eigenvalue weighted by Crippen LogP contribution is 2.39. The minimum atomic E-state index is -1.32. The van der Waals surface area contributed by atoms with Crippen LogP contribution in [0.15, 0.2) is 30.0 Å². The molecule has 1 amide bonds. The number of carbonyl (C=O) groups excluding carboxylic acids is 2. The van der Waals surface area contributed by atoms with Crippen molar-refractivity contribution in [2.75, 3.05) is 7.05 Å². The van der Waals surface area contributed by atoms with E-state index in [1.54, 1.807) is 33.0 Å². The number of rotatable bonds is 5. The molecule has 0 aromatic heterocycles. The van der Waals surface area contributed by atoms with Crippen LogP contribution in [0.5, 0.6) is 0 Å². The van der Waals surface area contributed by atoms with Crippen LogP contribution in [0.3, 0.4) is 0 Å². The van der Waals surface area contributed by atoms with E-state index in [-0.39, 0.29) is 18.2 Å². The number of nitrogens with one attached hydrogen (secondary N) is 1. The molecule has 2 aliphatic rings. The standard InChI is InChI=1S/C25H31NO5/c1-5-18-14-17(10-11-21(18)23(28)26-4)12-13-25(29,19-8-6-7-9-19)16-20-15-22(27)31-24(2,3)30-20/h10-11,14-15,19,29H,5-9,16H2,1-4H3,(H,26,28). The minimum absolute atomic E-state index is 0.00125. The van der Waals surface area contributed by atoms with Gasteiger partial charge in [0.2, 0.25) is 5.79 Å². The van der Waals surface area contributed by atoms with Crippen LogP contribution in [0, 0.1) is 17.8 Å². The van der Waals surface area contributed by atoms with Crippen molar-refractivity contribution in [3.63, 3.8) is 0 Å². The lowest BCUT2D eigenvalue weighted by Crippen LogP contribution is -2.40. The molecule has 1 aliphatic heterocycles. The maximum absolute atomic E-state index is 12.1. The number of ether oxygens (including phenoxy) is 2. The zero-order chi connectivity index (χ0) is 22.6. The molecular weight excluding hydrogens is 394 g/mol. The van der Waals surface area contributed by atoms with Crippen LogP contribution < -0.4 is 5.32 Å². The summed E-state index contributed by atoms with van der Waals surface area (Å²) in [5.74, 6) is 4.90. The topological polar surface area (TPSA) is 84.9 Å². The number of esters is 1. The van der Waals surface area contributed by atoms with Crippen LogP contribution in [0.25, 0.3) is 0 Å². The maximum Gasteiger partial charge on any atom is 0.337 e. The van der Waals surface area contributed by atoms with Gasteiger partial charge in [0.25, 0.3) is 5.91 Å². The van der Waals surface area contributed by atoms with Crippen molar-refractivity contribution in [3.8, 4) is 11.8 Å². The second-order valence-electron chi connectivity index (χ2n) is 8.67. The van der Waals surface area contributed by atoms with Gasteiger partial charge in [0.1, 0.15) is 11.4 Å². The van der Waals surface area contributed by atoms with Gasteiger partial charge in [0, 0.05) is 38.4 Å². The highest BCUT2D eigenvalue weighted by Gasteiger charge is 2.41. The first-order valence-corrected chi connectivity index (χ1v) is 10.9. The molecule has 6 nitrogen and oxygen atoms in total. The number of carbonyl (C=O) groups is 2. The summed E-state index contributed by atoms with van der Waals surface area (Å²) < 4.78 is 10.9. The van der Waals surface area contributed by atoms with E-state index in [4.69, 9.17) is 9.47 Å². The van der Waals surface area contributed by atoms with E-state index in [2.05, 4.69) is 17.2 Å². The molecule has 1 aromatic carbocycles. The Morgan fingerprint density at radius 1 is 1.29 bits per heavy atom. The van der Waals surface area contributed by atoms with Gasteiger partial charge in [-0.1, -0.05) is 31.6 Å². The molecule has 6 heteroatoms. The first-order chi connectivity index (χ1) is 14.7. The molecular formula is C25H31NO5. The van der Waals surface area contributed by atoms with E-state index in [9.17, 15) is 14.7 Å². The number of amides is 1. The first kappa shape index (κ1) is 22.9. The molecule has 0 spiro atoms. The van der Waals surface area contributed by atoms with Crippen molar-refractivity contribution in [3.05, 3.63) is 46.7 Å². The average molecular weight is 426 g/mol. The quantitative estimate of drug-likeness (QED) is 0.557. The monoisotopic (exact) mass is 425 g/mol. The van der Waals surface area contributed by atoms with E-state index in [1.165, 1.54) is 6.08 Å². The molecule has 2 N–H and O–H groups in total. The normalized spacial score (nSPS) is 19.9. The Hall–Kier alpha value is -2.78. The predicted molar refractivity (Wildman–Crippen MR) is 117 cm³/mol. The lowest BCUT2D eigenvalue weighted by atomic mass is 9.82. The first-order valence-electron chi connectivity index (χ1n) is 10.9. The summed E-state index contributed by atoms with van der Waals surface area (Å²) in [4.78, 5) is 24.0. The van der Waals surface area contributed by atoms with Gasteiger partial charge in [-0.2, -0.15) is 0 Å². The van der Waals surface area contributed by atoms with Crippen molar-refractivity contribution in [1.82, 2.24) is 5.32 Å². The van der Waals surface area contributed by atoms with Crippen molar-refractivity contribution in [2.45, 2.75) is 70.7 Å². The number of aryl methyl sites for hydroxylation is 1. The number of aliphatic hydroxyl groups is 1. The minimum Gasteiger partial charge on any atom is -0.457 e. The van der Waals surface area contributed by atoms with Crippen LogP contribution >= 0.6 is 0 Å². The van der Waals surface area contributed by atoms with Crippen LogP contribution in [0.4, 0.5) is 0 Å². The van der Waals surface area contributed by atoms with E-state index >= 15 is 0 Å². The zero-order valence-corrected chi connectivity index (χ0v) is 18.7. The molecule has 31 heavy (non-hydrogen) atoms. The third-order valence-corrected chi connectivity index (χ3v) is 5.86. The largest absolute Gasteiger partial charge is 0.457 e. The van der Waals surface area contributed by atoms with Gasteiger partial charge in [-0.05, 0) is 48.9 Å². The molecule has 0 saturated heterocycles. The van der Waals surface area contributed by atoms with Gasteiger partial charge in [0.05, 0.1) is 6.08 Å². The molecule has 1 unspecified atom stereocenters. The van der Waals surface area contributed by atoms with Crippen LogP contribution in [0.2, 0.25) is 0 Å². The molecule has 1 aromatic rings. The van der Waals surface area contributed by atoms with Gasteiger partial charge in [-0.25, -0.2) is 4.79 Å². The Balaban J connectivity index is 1.92. The Kier molecular flexibility index (Phi) is 6.76.